The Bertz CT molecular complexity index is 1100. The van der Waals surface area contributed by atoms with E-state index in [1.54, 1.807) is 36.4 Å². The van der Waals surface area contributed by atoms with Gasteiger partial charge in [0.25, 0.3) is 5.56 Å². The van der Waals surface area contributed by atoms with Crippen LogP contribution >= 0.6 is 11.6 Å². The lowest BCUT2D eigenvalue weighted by molar-refractivity contribution is -0.145. The Morgan fingerprint density at radius 2 is 2.04 bits per heavy atom. The zero-order valence-electron chi connectivity index (χ0n) is 14.8. The Kier molecular flexibility index (Phi) is 5.12. The van der Waals surface area contributed by atoms with Crippen molar-refractivity contribution >= 4 is 28.5 Å². The Labute approximate surface area is 164 Å². The molecule has 1 aliphatic rings. The molecule has 0 aliphatic carbocycles. The first-order valence-electron chi connectivity index (χ1n) is 8.68. The normalized spacial score (nSPS) is 12.8. The van der Waals surface area contributed by atoms with E-state index < -0.39 is 5.97 Å². The first-order chi connectivity index (χ1) is 13.6. The highest BCUT2D eigenvalue weighted by molar-refractivity contribution is 6.32. The minimum atomic E-state index is -0.465. The molecule has 3 aromatic rings. The third-order valence-electron chi connectivity index (χ3n) is 4.21. The van der Waals surface area contributed by atoms with Crippen LogP contribution in [0.1, 0.15) is 12.0 Å². The van der Waals surface area contributed by atoms with Crippen molar-refractivity contribution in [2.45, 2.75) is 19.6 Å². The number of benzene rings is 2. The smallest absolute Gasteiger partial charge is 0.308 e. The van der Waals surface area contributed by atoms with Crippen LogP contribution in [0.2, 0.25) is 5.02 Å². The highest BCUT2D eigenvalue weighted by atomic mass is 35.5. The lowest BCUT2D eigenvalue weighted by Gasteiger charge is -2.20. The van der Waals surface area contributed by atoms with E-state index in [-0.39, 0.29) is 25.1 Å². The Morgan fingerprint density at radius 1 is 1.21 bits per heavy atom. The summed E-state index contributed by atoms with van der Waals surface area (Å²) in [4.78, 5) is 24.4. The van der Waals surface area contributed by atoms with Crippen molar-refractivity contribution in [3.63, 3.8) is 0 Å². The molecular formula is C19H16ClN3O5. The summed E-state index contributed by atoms with van der Waals surface area (Å²) >= 11 is 6.17. The van der Waals surface area contributed by atoms with Crippen LogP contribution in [0.25, 0.3) is 10.9 Å². The minimum Gasteiger partial charge on any atom is -0.486 e. The van der Waals surface area contributed by atoms with Gasteiger partial charge in [-0.1, -0.05) is 28.9 Å². The first-order valence-corrected chi connectivity index (χ1v) is 9.06. The number of hydrogen-bond donors (Lipinski definition) is 0. The molecule has 0 saturated carbocycles. The molecule has 2 aromatic carbocycles. The molecule has 0 fully saturated rings. The summed E-state index contributed by atoms with van der Waals surface area (Å²) in [7, 11) is 0. The SMILES string of the molecule is O=C(CCn1nnc2ccccc2c1=O)OCc1cc(Cl)c2c(c1)OCCO2. The lowest BCUT2D eigenvalue weighted by Crippen LogP contribution is -2.25. The Balaban J connectivity index is 1.37. The van der Waals surface area contributed by atoms with Gasteiger partial charge in [-0.25, -0.2) is 4.68 Å². The summed E-state index contributed by atoms with van der Waals surface area (Å²) in [5, 5.41) is 8.70. The van der Waals surface area contributed by atoms with Gasteiger partial charge in [0.05, 0.1) is 23.4 Å². The van der Waals surface area contributed by atoms with Crippen LogP contribution in [0, 0.1) is 0 Å². The molecule has 0 N–H and O–H groups in total. The number of halogens is 1. The van der Waals surface area contributed by atoms with E-state index in [4.69, 9.17) is 25.8 Å². The van der Waals surface area contributed by atoms with Gasteiger partial charge in [0.2, 0.25) is 0 Å². The van der Waals surface area contributed by atoms with Gasteiger partial charge in [-0.3, -0.25) is 9.59 Å². The molecule has 1 aromatic heterocycles. The second kappa shape index (κ2) is 7.85. The molecular weight excluding hydrogens is 386 g/mol. The maximum Gasteiger partial charge on any atom is 0.308 e. The second-order valence-electron chi connectivity index (χ2n) is 6.15. The van der Waals surface area contributed by atoms with Gasteiger partial charge in [-0.05, 0) is 29.8 Å². The largest absolute Gasteiger partial charge is 0.486 e. The Morgan fingerprint density at radius 3 is 2.93 bits per heavy atom. The molecule has 0 saturated heterocycles. The van der Waals surface area contributed by atoms with Gasteiger partial charge in [-0.15, -0.1) is 5.10 Å². The fourth-order valence-corrected chi connectivity index (χ4v) is 3.14. The van der Waals surface area contributed by atoms with Gasteiger partial charge in [0.1, 0.15) is 25.3 Å². The number of esters is 1. The van der Waals surface area contributed by atoms with Crippen LogP contribution in [-0.2, 0) is 22.7 Å². The first kappa shape index (κ1) is 18.2. The van der Waals surface area contributed by atoms with E-state index in [1.165, 1.54) is 0 Å². The average Bonchev–Trinajstić information content (AvgIpc) is 2.72. The van der Waals surface area contributed by atoms with Crippen molar-refractivity contribution in [3.05, 3.63) is 57.3 Å². The van der Waals surface area contributed by atoms with Crippen LogP contribution in [0.15, 0.2) is 41.2 Å². The molecule has 9 heteroatoms. The third-order valence-corrected chi connectivity index (χ3v) is 4.49. The third kappa shape index (κ3) is 3.77. The molecule has 4 rings (SSSR count). The Hall–Kier alpha value is -3.13. The predicted molar refractivity (Wildman–Crippen MR) is 101 cm³/mol. The maximum absolute atomic E-state index is 12.4. The molecule has 28 heavy (non-hydrogen) atoms. The molecule has 8 nitrogen and oxygen atoms in total. The molecule has 2 heterocycles. The summed E-state index contributed by atoms with van der Waals surface area (Å²) in [6.45, 7) is 0.997. The number of aromatic nitrogens is 3. The molecule has 1 aliphatic heterocycles. The van der Waals surface area contributed by atoms with Crippen LogP contribution in [-0.4, -0.2) is 34.2 Å². The quantitative estimate of drug-likeness (QED) is 0.606. The number of ether oxygens (including phenoxy) is 3. The highest BCUT2D eigenvalue weighted by Crippen LogP contribution is 2.38. The van der Waals surface area contributed by atoms with Crippen molar-refractivity contribution in [1.29, 1.82) is 0 Å². The highest BCUT2D eigenvalue weighted by Gasteiger charge is 2.17. The molecule has 144 valence electrons. The summed E-state index contributed by atoms with van der Waals surface area (Å²) < 4.78 is 17.4. The van der Waals surface area contributed by atoms with Crippen molar-refractivity contribution in [2.75, 3.05) is 13.2 Å². The standard InChI is InChI=1S/C19H16ClN3O5/c20-14-9-12(10-16-18(14)27-8-7-26-16)11-28-17(24)5-6-23-19(25)13-3-1-2-4-15(13)21-22-23/h1-4,9-10H,5-8,11H2. The average molecular weight is 402 g/mol. The number of nitrogens with zero attached hydrogens (tertiary/aromatic N) is 3. The molecule has 0 atom stereocenters. The minimum absolute atomic E-state index is 0.00872. The number of rotatable bonds is 5. The number of hydrogen-bond acceptors (Lipinski definition) is 7. The number of aryl methyl sites for hydroxylation is 1. The summed E-state index contributed by atoms with van der Waals surface area (Å²) in [6, 6.07) is 10.3. The number of carbonyl (C=O) groups excluding carboxylic acids is 1. The molecule has 0 unspecified atom stereocenters. The fraction of sp³-hybridized carbons (Fsp3) is 0.263. The van der Waals surface area contributed by atoms with E-state index in [1.807, 2.05) is 0 Å². The summed E-state index contributed by atoms with van der Waals surface area (Å²) in [5.41, 5.74) is 0.907. The van der Waals surface area contributed by atoms with Crippen LogP contribution < -0.4 is 15.0 Å². The van der Waals surface area contributed by atoms with Gasteiger partial charge in [0.15, 0.2) is 11.5 Å². The molecule has 0 amide bonds. The number of carbonyl (C=O) groups is 1. The van der Waals surface area contributed by atoms with E-state index in [9.17, 15) is 9.59 Å². The van der Waals surface area contributed by atoms with E-state index in [0.717, 1.165) is 4.68 Å². The van der Waals surface area contributed by atoms with Gasteiger partial charge < -0.3 is 14.2 Å². The van der Waals surface area contributed by atoms with Crippen LogP contribution in [0.3, 0.4) is 0 Å². The van der Waals surface area contributed by atoms with Crippen molar-refractivity contribution in [2.24, 2.45) is 0 Å². The van der Waals surface area contributed by atoms with Crippen molar-refractivity contribution in [1.82, 2.24) is 15.0 Å². The van der Waals surface area contributed by atoms with Crippen LogP contribution in [0.5, 0.6) is 11.5 Å². The summed E-state index contributed by atoms with van der Waals surface area (Å²) in [5.74, 6) is 0.563. The molecule has 0 bridgehead atoms. The fourth-order valence-electron chi connectivity index (χ4n) is 2.85. The predicted octanol–water partition coefficient (Wildman–Crippen LogP) is 2.35. The molecule has 0 spiro atoms. The van der Waals surface area contributed by atoms with Gasteiger partial charge in [0, 0.05) is 0 Å². The monoisotopic (exact) mass is 401 g/mol. The zero-order valence-corrected chi connectivity index (χ0v) is 15.5. The van der Waals surface area contributed by atoms with E-state index in [0.29, 0.717) is 46.2 Å². The topological polar surface area (TPSA) is 92.5 Å². The van der Waals surface area contributed by atoms with Crippen LogP contribution in [0.4, 0.5) is 0 Å². The van der Waals surface area contributed by atoms with Crippen molar-refractivity contribution in [3.8, 4) is 11.5 Å². The number of fused-ring (bicyclic) bond motifs is 2. The van der Waals surface area contributed by atoms with Gasteiger partial charge in [-0.2, -0.15) is 0 Å². The van der Waals surface area contributed by atoms with E-state index in [2.05, 4.69) is 10.3 Å². The summed E-state index contributed by atoms with van der Waals surface area (Å²) in [6.07, 6.45) is -0.00872. The second-order valence-corrected chi connectivity index (χ2v) is 6.55. The molecule has 0 radical (unpaired) electrons. The maximum atomic E-state index is 12.4. The lowest BCUT2D eigenvalue weighted by atomic mass is 10.2. The van der Waals surface area contributed by atoms with E-state index >= 15 is 0 Å². The zero-order chi connectivity index (χ0) is 19.5. The van der Waals surface area contributed by atoms with Crippen molar-refractivity contribution < 1.29 is 19.0 Å². The van der Waals surface area contributed by atoms with Gasteiger partial charge >= 0.3 is 5.97 Å².